The van der Waals surface area contributed by atoms with E-state index in [1.165, 1.54) is 12.1 Å². The van der Waals surface area contributed by atoms with Gasteiger partial charge >= 0.3 is 5.97 Å². The number of nitrogen functional groups attached to an aromatic ring is 2. The van der Waals surface area contributed by atoms with Crippen molar-refractivity contribution in [1.29, 1.82) is 0 Å². The largest absolute Gasteiger partial charge is 0.478 e. The quantitative estimate of drug-likeness (QED) is 0.471. The highest BCUT2D eigenvalue weighted by molar-refractivity contribution is 5.88. The third-order valence-corrected chi connectivity index (χ3v) is 3.56. The number of rotatable bonds is 2. The maximum atomic E-state index is 10.3. The standard InChI is InChI=1S/C13H10N2O.C7H7NO2/c14-10-5-3-4-9(8-10)13-15-11-6-1-2-7-12(11)16-13;8-6-3-1-2-5(4-6)7(9)10/h1-8H,14H2;1-4H,8H2,(H,9,10). The minimum Gasteiger partial charge on any atom is -0.478 e. The summed E-state index contributed by atoms with van der Waals surface area (Å²) < 4.78 is 5.64. The van der Waals surface area contributed by atoms with Crippen molar-refractivity contribution in [2.24, 2.45) is 0 Å². The van der Waals surface area contributed by atoms with Crippen molar-refractivity contribution >= 4 is 28.4 Å². The van der Waals surface area contributed by atoms with Crippen LogP contribution in [0.2, 0.25) is 0 Å². The highest BCUT2D eigenvalue weighted by atomic mass is 16.4. The Labute approximate surface area is 149 Å². The molecule has 0 fully saturated rings. The molecule has 0 amide bonds. The van der Waals surface area contributed by atoms with Crippen LogP contribution in [-0.2, 0) is 0 Å². The van der Waals surface area contributed by atoms with Gasteiger partial charge in [0, 0.05) is 16.9 Å². The van der Waals surface area contributed by atoms with E-state index in [9.17, 15) is 4.79 Å². The van der Waals surface area contributed by atoms with Crippen LogP contribution in [0.5, 0.6) is 0 Å². The van der Waals surface area contributed by atoms with Gasteiger partial charge in [0.2, 0.25) is 5.89 Å². The zero-order valence-corrected chi connectivity index (χ0v) is 13.8. The summed E-state index contributed by atoms with van der Waals surface area (Å²) in [5.74, 6) is -0.346. The highest BCUT2D eigenvalue weighted by Gasteiger charge is 2.07. The Balaban J connectivity index is 0.000000170. The van der Waals surface area contributed by atoms with Gasteiger partial charge in [-0.25, -0.2) is 9.78 Å². The molecule has 1 aromatic heterocycles. The topological polar surface area (TPSA) is 115 Å². The van der Waals surface area contributed by atoms with Gasteiger partial charge in [0.15, 0.2) is 5.58 Å². The number of hydrogen-bond acceptors (Lipinski definition) is 5. The van der Waals surface area contributed by atoms with Crippen molar-refractivity contribution in [3.05, 3.63) is 78.4 Å². The van der Waals surface area contributed by atoms with E-state index in [-0.39, 0.29) is 5.56 Å². The first-order valence-electron chi connectivity index (χ1n) is 7.83. The molecule has 0 unspecified atom stereocenters. The van der Waals surface area contributed by atoms with Crippen LogP contribution in [-0.4, -0.2) is 16.1 Å². The molecule has 0 atom stereocenters. The Kier molecular flexibility index (Phi) is 4.85. The molecule has 130 valence electrons. The van der Waals surface area contributed by atoms with Crippen molar-refractivity contribution in [1.82, 2.24) is 4.98 Å². The molecular formula is C20H17N3O3. The van der Waals surface area contributed by atoms with E-state index in [0.717, 1.165) is 16.7 Å². The summed E-state index contributed by atoms with van der Waals surface area (Å²) in [6.07, 6.45) is 0. The van der Waals surface area contributed by atoms with Gasteiger partial charge in [0.05, 0.1) is 5.56 Å². The third kappa shape index (κ3) is 3.99. The second kappa shape index (κ2) is 7.40. The maximum absolute atomic E-state index is 10.3. The molecule has 4 aromatic rings. The molecular weight excluding hydrogens is 330 g/mol. The number of carboxylic acid groups (broad SMARTS) is 1. The lowest BCUT2D eigenvalue weighted by Gasteiger charge is -1.95. The monoisotopic (exact) mass is 347 g/mol. The normalized spacial score (nSPS) is 10.2. The number of aromatic nitrogens is 1. The van der Waals surface area contributed by atoms with E-state index in [1.807, 2.05) is 48.5 Å². The fourth-order valence-corrected chi connectivity index (χ4v) is 2.34. The van der Waals surface area contributed by atoms with Gasteiger partial charge in [0.1, 0.15) is 5.52 Å². The molecule has 0 saturated carbocycles. The van der Waals surface area contributed by atoms with Gasteiger partial charge in [-0.1, -0.05) is 24.3 Å². The minimum absolute atomic E-state index is 0.222. The van der Waals surface area contributed by atoms with Crippen molar-refractivity contribution in [2.75, 3.05) is 11.5 Å². The van der Waals surface area contributed by atoms with Gasteiger partial charge in [-0.3, -0.25) is 0 Å². The molecule has 0 aliphatic carbocycles. The number of carboxylic acids is 1. The third-order valence-electron chi connectivity index (χ3n) is 3.56. The molecule has 0 bridgehead atoms. The first kappa shape index (κ1) is 17.0. The van der Waals surface area contributed by atoms with Crippen LogP contribution in [0.4, 0.5) is 11.4 Å². The molecule has 3 aromatic carbocycles. The average molecular weight is 347 g/mol. The second-order valence-electron chi connectivity index (χ2n) is 5.54. The summed E-state index contributed by atoms with van der Waals surface area (Å²) in [6, 6.07) is 21.4. The molecule has 6 heteroatoms. The van der Waals surface area contributed by atoms with Gasteiger partial charge < -0.3 is 21.0 Å². The van der Waals surface area contributed by atoms with E-state index >= 15 is 0 Å². The first-order valence-corrected chi connectivity index (χ1v) is 7.83. The number of nitrogens with zero attached hydrogens (tertiary/aromatic N) is 1. The molecule has 0 spiro atoms. The molecule has 1 heterocycles. The summed E-state index contributed by atoms with van der Waals surface area (Å²) in [5, 5.41) is 8.45. The summed E-state index contributed by atoms with van der Waals surface area (Å²) in [5.41, 5.74) is 15.0. The van der Waals surface area contributed by atoms with E-state index in [2.05, 4.69) is 4.98 Å². The molecule has 0 saturated heterocycles. The number of para-hydroxylation sites is 2. The van der Waals surface area contributed by atoms with E-state index in [1.54, 1.807) is 12.1 Å². The van der Waals surface area contributed by atoms with E-state index in [0.29, 0.717) is 17.3 Å². The van der Waals surface area contributed by atoms with Crippen LogP contribution in [0.25, 0.3) is 22.6 Å². The van der Waals surface area contributed by atoms with Crippen LogP contribution in [0.15, 0.2) is 77.2 Å². The SMILES string of the molecule is Nc1cccc(-c2nc3ccccc3o2)c1.Nc1cccc(C(=O)O)c1. The van der Waals surface area contributed by atoms with Gasteiger partial charge in [-0.15, -0.1) is 0 Å². The molecule has 0 radical (unpaired) electrons. The number of anilines is 2. The fraction of sp³-hybridized carbons (Fsp3) is 0. The molecule has 6 nitrogen and oxygen atoms in total. The van der Waals surface area contributed by atoms with Gasteiger partial charge in [-0.05, 0) is 48.5 Å². The molecule has 26 heavy (non-hydrogen) atoms. The van der Waals surface area contributed by atoms with Crippen molar-refractivity contribution in [3.63, 3.8) is 0 Å². The zero-order chi connectivity index (χ0) is 18.5. The summed E-state index contributed by atoms with van der Waals surface area (Å²) in [7, 11) is 0. The summed E-state index contributed by atoms with van der Waals surface area (Å²) >= 11 is 0. The Morgan fingerprint density at radius 2 is 1.58 bits per heavy atom. The number of carbonyl (C=O) groups is 1. The summed E-state index contributed by atoms with van der Waals surface area (Å²) in [4.78, 5) is 14.7. The lowest BCUT2D eigenvalue weighted by atomic mass is 10.2. The van der Waals surface area contributed by atoms with Crippen molar-refractivity contribution < 1.29 is 14.3 Å². The Hall–Kier alpha value is -3.80. The number of oxazole rings is 1. The van der Waals surface area contributed by atoms with Crippen LogP contribution in [0.3, 0.4) is 0 Å². The first-order chi connectivity index (χ1) is 12.5. The van der Waals surface area contributed by atoms with Crippen LogP contribution in [0.1, 0.15) is 10.4 Å². The highest BCUT2D eigenvalue weighted by Crippen LogP contribution is 2.24. The maximum Gasteiger partial charge on any atom is 0.335 e. The second-order valence-corrected chi connectivity index (χ2v) is 5.54. The summed E-state index contributed by atoms with van der Waals surface area (Å²) in [6.45, 7) is 0. The zero-order valence-electron chi connectivity index (χ0n) is 13.8. The predicted molar refractivity (Wildman–Crippen MR) is 102 cm³/mol. The number of nitrogens with two attached hydrogens (primary N) is 2. The lowest BCUT2D eigenvalue weighted by molar-refractivity contribution is 0.0697. The predicted octanol–water partition coefficient (Wildman–Crippen LogP) is 4.04. The Morgan fingerprint density at radius 3 is 2.19 bits per heavy atom. The number of benzene rings is 3. The van der Waals surface area contributed by atoms with Crippen LogP contribution < -0.4 is 11.5 Å². The average Bonchev–Trinajstić information content (AvgIpc) is 3.06. The van der Waals surface area contributed by atoms with Gasteiger partial charge in [0.25, 0.3) is 0 Å². The fourth-order valence-electron chi connectivity index (χ4n) is 2.34. The molecule has 5 N–H and O–H groups in total. The van der Waals surface area contributed by atoms with Crippen molar-refractivity contribution in [2.45, 2.75) is 0 Å². The molecule has 0 aliphatic heterocycles. The van der Waals surface area contributed by atoms with Crippen LogP contribution in [0, 0.1) is 0 Å². The lowest BCUT2D eigenvalue weighted by Crippen LogP contribution is -1.96. The number of aromatic carboxylic acids is 1. The smallest absolute Gasteiger partial charge is 0.335 e. The van der Waals surface area contributed by atoms with Crippen molar-refractivity contribution in [3.8, 4) is 11.5 Å². The number of fused-ring (bicyclic) bond motifs is 1. The van der Waals surface area contributed by atoms with E-state index in [4.69, 9.17) is 21.0 Å². The van der Waals surface area contributed by atoms with E-state index < -0.39 is 5.97 Å². The minimum atomic E-state index is -0.952. The Morgan fingerprint density at radius 1 is 0.885 bits per heavy atom. The Bertz CT molecular complexity index is 1020. The molecule has 4 rings (SSSR count). The number of hydrogen-bond donors (Lipinski definition) is 3. The molecule has 0 aliphatic rings. The van der Waals surface area contributed by atoms with Gasteiger partial charge in [-0.2, -0.15) is 0 Å². The van der Waals surface area contributed by atoms with Crippen LogP contribution >= 0.6 is 0 Å².